The summed E-state index contributed by atoms with van der Waals surface area (Å²) in [5.74, 6) is -2.00. The van der Waals surface area contributed by atoms with Crippen molar-refractivity contribution in [2.45, 2.75) is 38.3 Å². The Hall–Kier alpha value is -3.09. The van der Waals surface area contributed by atoms with E-state index in [0.29, 0.717) is 6.42 Å². The molecule has 2 amide bonds. The van der Waals surface area contributed by atoms with E-state index < -0.39 is 24.0 Å². The van der Waals surface area contributed by atoms with Gasteiger partial charge in [0, 0.05) is 30.4 Å². The highest BCUT2D eigenvalue weighted by atomic mass is 16.4. The first kappa shape index (κ1) is 19.2. The van der Waals surface area contributed by atoms with Crippen LogP contribution in [0.2, 0.25) is 0 Å². The molecule has 138 valence electrons. The summed E-state index contributed by atoms with van der Waals surface area (Å²) in [6, 6.07) is 5.74. The Labute approximate surface area is 151 Å². The average Bonchev–Trinajstić information content (AvgIpc) is 3.00. The van der Waals surface area contributed by atoms with Crippen molar-refractivity contribution in [2.75, 3.05) is 0 Å². The Kier molecular flexibility index (Phi) is 6.54. The van der Waals surface area contributed by atoms with Gasteiger partial charge in [0.05, 0.1) is 0 Å². The molecule has 0 aliphatic rings. The molecule has 4 N–H and O–H groups in total. The predicted molar refractivity (Wildman–Crippen MR) is 98.6 cm³/mol. The molecule has 2 atom stereocenters. The third-order valence-corrected chi connectivity index (χ3v) is 4.07. The first-order chi connectivity index (χ1) is 12.4. The van der Waals surface area contributed by atoms with Gasteiger partial charge in [0.2, 0.25) is 11.8 Å². The molecule has 0 radical (unpaired) electrons. The Morgan fingerprint density at radius 2 is 1.96 bits per heavy atom. The summed E-state index contributed by atoms with van der Waals surface area (Å²) < 4.78 is 0. The highest BCUT2D eigenvalue weighted by molar-refractivity contribution is 5.91. The number of amides is 2. The molecule has 0 saturated carbocycles. The Balaban J connectivity index is 2.17. The number of aliphatic carboxylic acids is 1. The second-order valence-electron chi connectivity index (χ2n) is 6.08. The third kappa shape index (κ3) is 4.95. The van der Waals surface area contributed by atoms with Crippen LogP contribution in [0.4, 0.5) is 0 Å². The number of para-hydroxylation sites is 1. The molecule has 0 saturated heterocycles. The number of benzene rings is 1. The number of nitrogens with one attached hydrogen (secondary N) is 3. The van der Waals surface area contributed by atoms with Crippen molar-refractivity contribution < 1.29 is 19.5 Å². The first-order valence-corrected chi connectivity index (χ1v) is 8.38. The number of aromatic nitrogens is 1. The Morgan fingerprint density at radius 3 is 2.62 bits per heavy atom. The van der Waals surface area contributed by atoms with Crippen LogP contribution in [-0.2, 0) is 20.8 Å². The molecule has 0 spiro atoms. The van der Waals surface area contributed by atoms with Crippen LogP contribution in [0.25, 0.3) is 10.9 Å². The summed E-state index contributed by atoms with van der Waals surface area (Å²) in [6.07, 6.45) is 4.34. The van der Waals surface area contributed by atoms with E-state index in [1.54, 1.807) is 12.3 Å². The second-order valence-corrected chi connectivity index (χ2v) is 6.08. The Morgan fingerprint density at radius 1 is 1.23 bits per heavy atom. The molecule has 7 nitrogen and oxygen atoms in total. The summed E-state index contributed by atoms with van der Waals surface area (Å²) >= 11 is 0. The molecule has 1 aromatic heterocycles. The van der Waals surface area contributed by atoms with Gasteiger partial charge in [-0.1, -0.05) is 24.3 Å². The largest absolute Gasteiger partial charge is 0.480 e. The lowest BCUT2D eigenvalue weighted by Gasteiger charge is -2.20. The van der Waals surface area contributed by atoms with Crippen LogP contribution in [0.1, 0.15) is 25.3 Å². The number of carboxylic acids is 1. The highest BCUT2D eigenvalue weighted by Gasteiger charge is 2.26. The van der Waals surface area contributed by atoms with Crippen molar-refractivity contribution in [3.8, 4) is 0 Å². The zero-order valence-corrected chi connectivity index (χ0v) is 14.6. The van der Waals surface area contributed by atoms with Crippen LogP contribution in [0.15, 0.2) is 43.1 Å². The molecule has 2 aromatic rings. The zero-order valence-electron chi connectivity index (χ0n) is 14.6. The van der Waals surface area contributed by atoms with Gasteiger partial charge in [-0.2, -0.15) is 0 Å². The van der Waals surface area contributed by atoms with Crippen LogP contribution in [0.5, 0.6) is 0 Å². The maximum Gasteiger partial charge on any atom is 0.326 e. The molecule has 7 heteroatoms. The lowest BCUT2D eigenvalue weighted by atomic mass is 10.0. The van der Waals surface area contributed by atoms with E-state index in [2.05, 4.69) is 22.2 Å². The van der Waals surface area contributed by atoms with Gasteiger partial charge in [-0.15, -0.1) is 6.58 Å². The van der Waals surface area contributed by atoms with Gasteiger partial charge in [0.25, 0.3) is 0 Å². The van der Waals surface area contributed by atoms with Crippen molar-refractivity contribution in [2.24, 2.45) is 0 Å². The number of H-pyrrole nitrogens is 1. The van der Waals surface area contributed by atoms with Gasteiger partial charge in [-0.05, 0) is 24.5 Å². The number of rotatable bonds is 9. The normalized spacial score (nSPS) is 13.0. The second kappa shape index (κ2) is 8.84. The van der Waals surface area contributed by atoms with Crippen molar-refractivity contribution in [1.82, 2.24) is 15.6 Å². The van der Waals surface area contributed by atoms with Crippen LogP contribution < -0.4 is 10.6 Å². The summed E-state index contributed by atoms with van der Waals surface area (Å²) in [5, 5.41) is 15.3. The average molecular weight is 357 g/mol. The molecule has 2 rings (SSSR count). The van der Waals surface area contributed by atoms with Gasteiger partial charge >= 0.3 is 5.97 Å². The van der Waals surface area contributed by atoms with Crippen molar-refractivity contribution in [3.05, 3.63) is 48.7 Å². The maximum absolute atomic E-state index is 12.6. The molecule has 26 heavy (non-hydrogen) atoms. The van der Waals surface area contributed by atoms with E-state index in [9.17, 15) is 19.5 Å². The first-order valence-electron chi connectivity index (χ1n) is 8.38. The lowest BCUT2D eigenvalue weighted by Crippen LogP contribution is -2.52. The molecule has 0 fully saturated rings. The van der Waals surface area contributed by atoms with Gasteiger partial charge in [0.1, 0.15) is 12.1 Å². The van der Waals surface area contributed by atoms with E-state index in [1.807, 2.05) is 24.3 Å². The number of allylic oxidation sites excluding steroid dienone is 1. The third-order valence-electron chi connectivity index (χ3n) is 4.07. The predicted octanol–water partition coefficient (Wildman–Crippen LogP) is 1.75. The van der Waals surface area contributed by atoms with E-state index >= 15 is 0 Å². The minimum Gasteiger partial charge on any atom is -0.480 e. The summed E-state index contributed by atoms with van der Waals surface area (Å²) in [5.41, 5.74) is 1.80. The molecule has 0 bridgehead atoms. The maximum atomic E-state index is 12.6. The summed E-state index contributed by atoms with van der Waals surface area (Å²) in [7, 11) is 0. The molecule has 1 aromatic carbocycles. The fraction of sp³-hybridized carbons (Fsp3) is 0.316. The van der Waals surface area contributed by atoms with Crippen molar-refractivity contribution in [3.63, 3.8) is 0 Å². The molecular formula is C19H23N3O4. The van der Waals surface area contributed by atoms with Gasteiger partial charge < -0.3 is 20.7 Å². The van der Waals surface area contributed by atoms with E-state index in [4.69, 9.17) is 0 Å². The van der Waals surface area contributed by atoms with Crippen molar-refractivity contribution >= 4 is 28.7 Å². The summed E-state index contributed by atoms with van der Waals surface area (Å²) in [6.45, 7) is 4.88. The topological polar surface area (TPSA) is 111 Å². The SMILES string of the molecule is C=CCCC(NC(=O)C(Cc1c[nH]c2ccccc12)NC(C)=O)C(=O)O. The molecule has 0 aliphatic carbocycles. The zero-order chi connectivity index (χ0) is 19.1. The highest BCUT2D eigenvalue weighted by Crippen LogP contribution is 2.19. The van der Waals surface area contributed by atoms with Crippen molar-refractivity contribution in [1.29, 1.82) is 0 Å². The fourth-order valence-corrected chi connectivity index (χ4v) is 2.79. The van der Waals surface area contributed by atoms with E-state index in [0.717, 1.165) is 16.5 Å². The number of carbonyl (C=O) groups excluding carboxylic acids is 2. The van der Waals surface area contributed by atoms with Crippen LogP contribution in [0, 0.1) is 0 Å². The molecular weight excluding hydrogens is 334 g/mol. The van der Waals surface area contributed by atoms with Gasteiger partial charge in [0.15, 0.2) is 0 Å². The van der Waals surface area contributed by atoms with Gasteiger partial charge in [-0.25, -0.2) is 4.79 Å². The molecule has 1 heterocycles. The number of hydrogen-bond donors (Lipinski definition) is 4. The van der Waals surface area contributed by atoms with Crippen LogP contribution in [0.3, 0.4) is 0 Å². The number of carbonyl (C=O) groups is 3. The quantitative estimate of drug-likeness (QED) is 0.512. The fourth-order valence-electron chi connectivity index (χ4n) is 2.79. The standard InChI is InChI=1S/C19H23N3O4/c1-3-4-8-16(19(25)26)22-18(24)17(21-12(2)23)10-13-11-20-15-9-6-5-7-14(13)15/h3,5-7,9,11,16-17,20H,1,4,8,10H2,2H3,(H,21,23)(H,22,24)(H,25,26). The Bertz CT molecular complexity index is 812. The van der Waals surface area contributed by atoms with E-state index in [1.165, 1.54) is 6.92 Å². The minimum absolute atomic E-state index is 0.241. The number of aromatic amines is 1. The minimum atomic E-state index is -1.12. The summed E-state index contributed by atoms with van der Waals surface area (Å²) in [4.78, 5) is 38.6. The number of fused-ring (bicyclic) bond motifs is 1. The smallest absolute Gasteiger partial charge is 0.326 e. The van der Waals surface area contributed by atoms with E-state index in [-0.39, 0.29) is 18.7 Å². The van der Waals surface area contributed by atoms with Crippen LogP contribution >= 0.6 is 0 Å². The lowest BCUT2D eigenvalue weighted by molar-refractivity contribution is -0.142. The molecule has 0 aliphatic heterocycles. The molecule has 2 unspecified atom stereocenters. The number of hydrogen-bond acceptors (Lipinski definition) is 3. The van der Waals surface area contributed by atoms with Gasteiger partial charge in [-0.3, -0.25) is 9.59 Å². The number of carboxylic acid groups (broad SMARTS) is 1. The monoisotopic (exact) mass is 357 g/mol. The van der Waals surface area contributed by atoms with Crippen LogP contribution in [-0.4, -0.2) is 40.0 Å².